The number of rotatable bonds is 7. The van der Waals surface area contributed by atoms with Crippen molar-refractivity contribution in [1.29, 1.82) is 0 Å². The number of halogens is 1. The summed E-state index contributed by atoms with van der Waals surface area (Å²) in [5.41, 5.74) is 0.964. The van der Waals surface area contributed by atoms with Crippen LogP contribution in [-0.4, -0.2) is 12.2 Å². The number of hydrogen-bond donors (Lipinski definition) is 1. The third-order valence-corrected chi connectivity index (χ3v) is 4.04. The number of ether oxygens (including phenoxy) is 1. The van der Waals surface area contributed by atoms with Gasteiger partial charge in [0.25, 0.3) is 0 Å². The number of aliphatic hydroxyl groups excluding tert-OH is 1. The lowest BCUT2D eigenvalue weighted by Crippen LogP contribution is -2.12. The van der Waals surface area contributed by atoms with Crippen LogP contribution in [0.3, 0.4) is 0 Å². The highest BCUT2D eigenvalue weighted by Crippen LogP contribution is 2.33. The average molecular weight is 315 g/mol. The van der Waals surface area contributed by atoms with Gasteiger partial charge in [-0.25, -0.2) is 0 Å². The van der Waals surface area contributed by atoms with Gasteiger partial charge in [0.05, 0.1) is 17.7 Å². The van der Waals surface area contributed by atoms with Crippen molar-refractivity contribution in [2.45, 2.75) is 45.6 Å². The molecule has 0 saturated heterocycles. The second-order valence-corrected chi connectivity index (χ2v) is 5.50. The van der Waals surface area contributed by atoms with Crippen LogP contribution in [0.15, 0.2) is 22.7 Å². The zero-order valence-corrected chi connectivity index (χ0v) is 13.0. The Kier molecular flexibility index (Phi) is 6.72. The minimum Gasteiger partial charge on any atom is -0.496 e. The van der Waals surface area contributed by atoms with Crippen molar-refractivity contribution in [3.8, 4) is 5.75 Å². The molecule has 0 aromatic heterocycles. The van der Waals surface area contributed by atoms with Crippen LogP contribution in [0.25, 0.3) is 0 Å². The minimum atomic E-state index is -0.385. The summed E-state index contributed by atoms with van der Waals surface area (Å²) in [5.74, 6) is 1.14. The van der Waals surface area contributed by atoms with E-state index in [0.717, 1.165) is 28.6 Å². The largest absolute Gasteiger partial charge is 0.496 e. The smallest absolute Gasteiger partial charge is 0.133 e. The van der Waals surface area contributed by atoms with Gasteiger partial charge in [-0.1, -0.05) is 39.2 Å². The lowest BCUT2D eigenvalue weighted by molar-refractivity contribution is 0.0988. The quantitative estimate of drug-likeness (QED) is 0.790. The Morgan fingerprint density at radius 3 is 2.56 bits per heavy atom. The molecule has 0 heterocycles. The Balaban J connectivity index is 2.81. The second kappa shape index (κ2) is 7.80. The third kappa shape index (κ3) is 3.99. The van der Waals surface area contributed by atoms with Gasteiger partial charge in [0.2, 0.25) is 0 Å². The molecule has 0 spiro atoms. The van der Waals surface area contributed by atoms with E-state index in [2.05, 4.69) is 29.8 Å². The molecule has 0 radical (unpaired) electrons. The van der Waals surface area contributed by atoms with E-state index in [1.165, 1.54) is 12.8 Å². The molecule has 0 saturated carbocycles. The molecule has 2 unspecified atom stereocenters. The van der Waals surface area contributed by atoms with Crippen molar-refractivity contribution < 1.29 is 9.84 Å². The van der Waals surface area contributed by atoms with Crippen LogP contribution in [0.4, 0.5) is 0 Å². The van der Waals surface area contributed by atoms with Crippen molar-refractivity contribution in [3.63, 3.8) is 0 Å². The first-order chi connectivity index (χ1) is 8.63. The van der Waals surface area contributed by atoms with E-state index in [-0.39, 0.29) is 6.10 Å². The normalized spacial score (nSPS) is 14.3. The fourth-order valence-electron chi connectivity index (χ4n) is 2.19. The number of unbranched alkanes of at least 4 members (excludes halogenated alkanes) is 1. The number of hydrogen-bond acceptors (Lipinski definition) is 2. The first-order valence-electron chi connectivity index (χ1n) is 6.65. The maximum Gasteiger partial charge on any atom is 0.133 e. The predicted octanol–water partition coefficient (Wildman–Crippen LogP) is 4.71. The molecule has 1 aromatic carbocycles. The molecule has 1 aromatic rings. The molecule has 3 heteroatoms. The zero-order chi connectivity index (χ0) is 13.5. The van der Waals surface area contributed by atoms with Gasteiger partial charge in [0.1, 0.15) is 5.75 Å². The monoisotopic (exact) mass is 314 g/mol. The molecular formula is C15H23BrO2. The van der Waals surface area contributed by atoms with Gasteiger partial charge in [-0.05, 0) is 46.0 Å². The highest BCUT2D eigenvalue weighted by Gasteiger charge is 2.19. The van der Waals surface area contributed by atoms with Crippen molar-refractivity contribution >= 4 is 15.9 Å². The fraction of sp³-hybridized carbons (Fsp3) is 0.600. The summed E-state index contributed by atoms with van der Waals surface area (Å²) in [6, 6.07) is 5.80. The fourth-order valence-corrected chi connectivity index (χ4v) is 2.75. The lowest BCUT2D eigenvalue weighted by Gasteiger charge is -2.22. The van der Waals surface area contributed by atoms with Gasteiger partial charge in [0.15, 0.2) is 0 Å². The molecule has 0 amide bonds. The molecular weight excluding hydrogens is 292 g/mol. The van der Waals surface area contributed by atoms with Crippen molar-refractivity contribution in [1.82, 2.24) is 0 Å². The summed E-state index contributed by atoms with van der Waals surface area (Å²) in [5, 5.41) is 10.4. The highest BCUT2D eigenvalue weighted by molar-refractivity contribution is 9.10. The van der Waals surface area contributed by atoms with Gasteiger partial charge in [-0.3, -0.25) is 0 Å². The van der Waals surface area contributed by atoms with Crippen LogP contribution in [0.2, 0.25) is 0 Å². The summed E-state index contributed by atoms with van der Waals surface area (Å²) in [6.07, 6.45) is 4.05. The maximum absolute atomic E-state index is 10.4. The highest BCUT2D eigenvalue weighted by atomic mass is 79.9. The molecule has 1 rings (SSSR count). The molecule has 0 bridgehead atoms. The standard InChI is InChI=1S/C15H23BrO2/c1-4-6-7-11(5-2)15(17)12-8-9-14(18-3)13(16)10-12/h8-11,15,17H,4-7H2,1-3H3. The van der Waals surface area contributed by atoms with Crippen molar-refractivity contribution in [3.05, 3.63) is 28.2 Å². The lowest BCUT2D eigenvalue weighted by atomic mass is 9.89. The molecule has 102 valence electrons. The molecule has 0 aliphatic heterocycles. The van der Waals surface area contributed by atoms with Gasteiger partial charge in [-0.2, -0.15) is 0 Å². The average Bonchev–Trinajstić information content (AvgIpc) is 2.39. The first kappa shape index (κ1) is 15.5. The van der Waals surface area contributed by atoms with Gasteiger partial charge < -0.3 is 9.84 Å². The SMILES string of the molecule is CCCCC(CC)C(O)c1ccc(OC)c(Br)c1. The van der Waals surface area contributed by atoms with E-state index < -0.39 is 0 Å². The molecule has 18 heavy (non-hydrogen) atoms. The molecule has 0 fully saturated rings. The summed E-state index contributed by atoms with van der Waals surface area (Å²) < 4.78 is 6.10. The molecule has 0 aliphatic carbocycles. The number of benzene rings is 1. The van der Waals surface area contributed by atoms with Gasteiger partial charge in [0, 0.05) is 0 Å². The second-order valence-electron chi connectivity index (χ2n) is 4.65. The van der Waals surface area contributed by atoms with E-state index in [9.17, 15) is 5.11 Å². The van der Waals surface area contributed by atoms with Crippen LogP contribution in [0, 0.1) is 5.92 Å². The van der Waals surface area contributed by atoms with Gasteiger partial charge in [-0.15, -0.1) is 0 Å². The summed E-state index contributed by atoms with van der Waals surface area (Å²) >= 11 is 3.46. The maximum atomic E-state index is 10.4. The van der Waals surface area contributed by atoms with E-state index in [1.54, 1.807) is 7.11 Å². The molecule has 0 aliphatic rings. The van der Waals surface area contributed by atoms with Crippen LogP contribution in [0.1, 0.15) is 51.2 Å². The van der Waals surface area contributed by atoms with Crippen LogP contribution in [0.5, 0.6) is 5.75 Å². The molecule has 2 atom stereocenters. The minimum absolute atomic E-state index is 0.338. The number of methoxy groups -OCH3 is 1. The number of aliphatic hydroxyl groups is 1. The Hall–Kier alpha value is -0.540. The molecule has 2 nitrogen and oxygen atoms in total. The molecule has 1 N–H and O–H groups in total. The van der Waals surface area contributed by atoms with Crippen molar-refractivity contribution in [2.24, 2.45) is 5.92 Å². The predicted molar refractivity (Wildman–Crippen MR) is 79.0 cm³/mol. The summed E-state index contributed by atoms with van der Waals surface area (Å²) in [6.45, 7) is 4.32. The Labute approximate surface area is 118 Å². The van der Waals surface area contributed by atoms with Crippen LogP contribution in [-0.2, 0) is 0 Å². The Bertz CT molecular complexity index is 366. The van der Waals surface area contributed by atoms with E-state index in [1.807, 2.05) is 18.2 Å². The topological polar surface area (TPSA) is 29.5 Å². The summed E-state index contributed by atoms with van der Waals surface area (Å²) in [4.78, 5) is 0. The van der Waals surface area contributed by atoms with Crippen molar-refractivity contribution in [2.75, 3.05) is 7.11 Å². The van der Waals surface area contributed by atoms with Crippen LogP contribution < -0.4 is 4.74 Å². The Morgan fingerprint density at radius 1 is 1.33 bits per heavy atom. The third-order valence-electron chi connectivity index (χ3n) is 3.42. The van der Waals surface area contributed by atoms with E-state index >= 15 is 0 Å². The zero-order valence-electron chi connectivity index (χ0n) is 11.4. The Morgan fingerprint density at radius 2 is 2.06 bits per heavy atom. The van der Waals surface area contributed by atoms with E-state index in [4.69, 9.17) is 4.74 Å². The van der Waals surface area contributed by atoms with Crippen LogP contribution >= 0.6 is 15.9 Å². The van der Waals surface area contributed by atoms with E-state index in [0.29, 0.717) is 5.92 Å². The first-order valence-corrected chi connectivity index (χ1v) is 7.44. The van der Waals surface area contributed by atoms with Gasteiger partial charge >= 0.3 is 0 Å². The summed E-state index contributed by atoms with van der Waals surface area (Å²) in [7, 11) is 1.65.